The molecule has 7 nitrogen and oxygen atoms in total. The molecule has 1 aliphatic heterocycles. The quantitative estimate of drug-likeness (QED) is 0.594. The molecule has 2 aliphatic rings. The fourth-order valence-corrected chi connectivity index (χ4v) is 6.31. The third kappa shape index (κ3) is 4.36. The van der Waals surface area contributed by atoms with Crippen LogP contribution in [0.3, 0.4) is 0 Å². The zero-order valence-electron chi connectivity index (χ0n) is 19.8. The normalized spacial score (nSPS) is 26.2. The van der Waals surface area contributed by atoms with E-state index >= 15 is 0 Å². The minimum Gasteiger partial charge on any atom is -0.387 e. The molecule has 7 heteroatoms. The maximum absolute atomic E-state index is 13.1. The summed E-state index contributed by atoms with van der Waals surface area (Å²) < 4.78 is 1.52. The highest BCUT2D eigenvalue weighted by Crippen LogP contribution is 2.56. The number of carbonyl (C=O) groups is 1. The molecule has 2 amide bonds. The standard InChI is InChI=1S/C28H32N4O3/c29-26(34)31-15-14-28(35,19-32-20-30-24(17-25(32)33)22-10-5-2-6-11-22)27(18-31)13-7-12-23(27)16-21-8-3-1-4-9-21/h1-6,8-11,17,20,23,35H,7,12-16,18-19H2,(H2,29,34). The van der Waals surface area contributed by atoms with Crippen LogP contribution in [0.1, 0.15) is 31.2 Å². The summed E-state index contributed by atoms with van der Waals surface area (Å²) in [6.07, 6.45) is 5.44. The second-order valence-corrected chi connectivity index (χ2v) is 10.1. The van der Waals surface area contributed by atoms with Crippen LogP contribution in [0.25, 0.3) is 11.3 Å². The van der Waals surface area contributed by atoms with Crippen LogP contribution in [0.5, 0.6) is 0 Å². The van der Waals surface area contributed by atoms with Crippen LogP contribution in [0.15, 0.2) is 77.9 Å². The van der Waals surface area contributed by atoms with E-state index in [1.165, 1.54) is 22.5 Å². The Hall–Kier alpha value is -3.45. The second kappa shape index (κ2) is 9.30. The zero-order valence-corrected chi connectivity index (χ0v) is 19.8. The Kier molecular flexibility index (Phi) is 6.19. The lowest BCUT2D eigenvalue weighted by molar-refractivity contribution is -0.154. The number of likely N-dealkylation sites (tertiary alicyclic amines) is 1. The van der Waals surface area contributed by atoms with E-state index < -0.39 is 17.0 Å². The third-order valence-electron chi connectivity index (χ3n) is 8.17. The van der Waals surface area contributed by atoms with Crippen LogP contribution in [-0.2, 0) is 13.0 Å². The van der Waals surface area contributed by atoms with Crippen molar-refractivity contribution >= 4 is 6.03 Å². The summed E-state index contributed by atoms with van der Waals surface area (Å²) in [5, 5.41) is 12.3. The van der Waals surface area contributed by atoms with Gasteiger partial charge in [-0.15, -0.1) is 0 Å². The number of nitrogens with zero attached hydrogens (tertiary/aromatic N) is 3. The maximum Gasteiger partial charge on any atom is 0.314 e. The number of aromatic nitrogens is 2. The van der Waals surface area contributed by atoms with Crippen LogP contribution in [0.2, 0.25) is 0 Å². The van der Waals surface area contributed by atoms with E-state index in [-0.39, 0.29) is 18.0 Å². The lowest BCUT2D eigenvalue weighted by atomic mass is 9.60. The summed E-state index contributed by atoms with van der Waals surface area (Å²) in [5.74, 6) is 0.171. The summed E-state index contributed by atoms with van der Waals surface area (Å²) in [6.45, 7) is 0.919. The number of benzene rings is 2. The molecule has 0 bridgehead atoms. The molecule has 5 rings (SSSR count). The molecule has 3 unspecified atom stereocenters. The highest BCUT2D eigenvalue weighted by atomic mass is 16.3. The van der Waals surface area contributed by atoms with E-state index in [2.05, 4.69) is 17.1 Å². The number of rotatable bonds is 5. The van der Waals surface area contributed by atoms with Gasteiger partial charge in [-0.1, -0.05) is 67.1 Å². The van der Waals surface area contributed by atoms with Crippen molar-refractivity contribution in [3.05, 3.63) is 89.0 Å². The van der Waals surface area contributed by atoms with Gasteiger partial charge in [-0.25, -0.2) is 9.78 Å². The summed E-state index contributed by atoms with van der Waals surface area (Å²) in [4.78, 5) is 31.4. The number of piperidine rings is 1. The van der Waals surface area contributed by atoms with Gasteiger partial charge in [-0.3, -0.25) is 9.36 Å². The number of nitrogens with two attached hydrogens (primary N) is 1. The van der Waals surface area contributed by atoms with E-state index in [9.17, 15) is 14.7 Å². The van der Waals surface area contributed by atoms with Gasteiger partial charge in [-0.05, 0) is 37.2 Å². The van der Waals surface area contributed by atoms with Gasteiger partial charge in [0.2, 0.25) is 0 Å². The first kappa shape index (κ1) is 23.3. The molecule has 2 fully saturated rings. The summed E-state index contributed by atoms with van der Waals surface area (Å²) >= 11 is 0. The van der Waals surface area contributed by atoms with Crippen molar-refractivity contribution in [1.82, 2.24) is 14.5 Å². The Morgan fingerprint density at radius 3 is 2.49 bits per heavy atom. The zero-order chi connectivity index (χ0) is 24.5. The van der Waals surface area contributed by atoms with E-state index in [1.54, 1.807) is 4.90 Å². The number of aliphatic hydroxyl groups is 1. The van der Waals surface area contributed by atoms with Gasteiger partial charge in [0.1, 0.15) is 0 Å². The minimum absolute atomic E-state index is 0.145. The van der Waals surface area contributed by atoms with Crippen molar-refractivity contribution in [1.29, 1.82) is 0 Å². The third-order valence-corrected chi connectivity index (χ3v) is 8.17. The van der Waals surface area contributed by atoms with Crippen molar-refractivity contribution in [2.75, 3.05) is 13.1 Å². The van der Waals surface area contributed by atoms with Gasteiger partial charge < -0.3 is 15.7 Å². The molecule has 182 valence electrons. The number of primary amides is 1. The molecule has 3 aromatic rings. The highest BCUT2D eigenvalue weighted by molar-refractivity contribution is 5.72. The van der Waals surface area contributed by atoms with Crippen LogP contribution in [0.4, 0.5) is 4.79 Å². The fraction of sp³-hybridized carbons (Fsp3) is 0.393. The van der Waals surface area contributed by atoms with Crippen LogP contribution in [0, 0.1) is 11.3 Å². The molecule has 3 atom stereocenters. The average Bonchev–Trinajstić information content (AvgIpc) is 3.26. The van der Waals surface area contributed by atoms with Gasteiger partial charge in [-0.2, -0.15) is 0 Å². The van der Waals surface area contributed by atoms with E-state index in [4.69, 9.17) is 5.73 Å². The Morgan fingerprint density at radius 1 is 1.09 bits per heavy atom. The Morgan fingerprint density at radius 2 is 1.80 bits per heavy atom. The molecular weight excluding hydrogens is 440 g/mol. The van der Waals surface area contributed by atoms with Crippen LogP contribution >= 0.6 is 0 Å². The van der Waals surface area contributed by atoms with Crippen molar-refractivity contribution in [3.8, 4) is 11.3 Å². The Balaban J connectivity index is 1.48. The second-order valence-electron chi connectivity index (χ2n) is 10.1. The topological polar surface area (TPSA) is 101 Å². The summed E-state index contributed by atoms with van der Waals surface area (Å²) in [7, 11) is 0. The molecule has 0 radical (unpaired) electrons. The molecule has 3 N–H and O–H groups in total. The summed E-state index contributed by atoms with van der Waals surface area (Å²) in [6, 6.07) is 20.9. The molecular formula is C28H32N4O3. The van der Waals surface area contributed by atoms with Crippen LogP contribution < -0.4 is 11.3 Å². The first-order valence-corrected chi connectivity index (χ1v) is 12.3. The molecule has 2 aromatic carbocycles. The van der Waals surface area contributed by atoms with Crippen molar-refractivity contribution in [3.63, 3.8) is 0 Å². The monoisotopic (exact) mass is 472 g/mol. The number of hydrogen-bond acceptors (Lipinski definition) is 4. The van der Waals surface area contributed by atoms with E-state index in [0.29, 0.717) is 25.2 Å². The lowest BCUT2D eigenvalue weighted by Crippen LogP contribution is -2.65. The molecule has 1 aromatic heterocycles. The molecule has 1 saturated heterocycles. The number of hydrogen-bond donors (Lipinski definition) is 2. The van der Waals surface area contributed by atoms with Crippen molar-refractivity contribution in [2.24, 2.45) is 17.1 Å². The molecule has 2 heterocycles. The van der Waals surface area contributed by atoms with E-state index in [1.807, 2.05) is 48.5 Å². The molecule has 1 aliphatic carbocycles. The molecule has 35 heavy (non-hydrogen) atoms. The SMILES string of the molecule is NC(=O)N1CCC(O)(Cn2cnc(-c3ccccc3)cc2=O)C2(CCCC2Cc2ccccc2)C1. The molecule has 1 spiro atoms. The van der Waals surface area contributed by atoms with E-state index in [0.717, 1.165) is 31.2 Å². The van der Waals surface area contributed by atoms with Crippen LogP contribution in [-0.4, -0.2) is 44.3 Å². The van der Waals surface area contributed by atoms with Gasteiger partial charge in [0.25, 0.3) is 5.56 Å². The first-order valence-electron chi connectivity index (χ1n) is 12.3. The van der Waals surface area contributed by atoms with Gasteiger partial charge in [0.05, 0.1) is 24.2 Å². The maximum atomic E-state index is 13.1. The predicted molar refractivity (Wildman–Crippen MR) is 135 cm³/mol. The van der Waals surface area contributed by atoms with Gasteiger partial charge in [0, 0.05) is 30.1 Å². The summed E-state index contributed by atoms with van der Waals surface area (Å²) in [5.41, 5.74) is 6.49. The first-order chi connectivity index (χ1) is 16.9. The smallest absolute Gasteiger partial charge is 0.314 e. The van der Waals surface area contributed by atoms with Gasteiger partial charge in [0.15, 0.2) is 0 Å². The largest absolute Gasteiger partial charge is 0.387 e. The van der Waals surface area contributed by atoms with Gasteiger partial charge >= 0.3 is 6.03 Å². The Labute approximate surface area is 205 Å². The van der Waals surface area contributed by atoms with Crippen molar-refractivity contribution < 1.29 is 9.90 Å². The fourth-order valence-electron chi connectivity index (χ4n) is 6.31. The van der Waals surface area contributed by atoms with Crippen molar-refractivity contribution in [2.45, 2.75) is 44.2 Å². The average molecular weight is 473 g/mol. The Bertz CT molecular complexity index is 1250. The number of urea groups is 1. The predicted octanol–water partition coefficient (Wildman–Crippen LogP) is 3.46. The highest BCUT2D eigenvalue weighted by Gasteiger charge is 2.59. The lowest BCUT2D eigenvalue weighted by Gasteiger charge is -2.55. The minimum atomic E-state index is -1.16. The molecule has 1 saturated carbocycles. The number of carbonyl (C=O) groups excluding carboxylic acids is 1. The number of amides is 2.